The summed E-state index contributed by atoms with van der Waals surface area (Å²) in [6, 6.07) is 16.3. The van der Waals surface area contributed by atoms with Crippen LogP contribution in [-0.2, 0) is 25.3 Å². The minimum Gasteiger partial charge on any atom is -0.493 e. The van der Waals surface area contributed by atoms with Crippen molar-refractivity contribution >= 4 is 40.8 Å². The zero-order valence-electron chi connectivity index (χ0n) is 20.6. The number of para-hydroxylation sites is 2. The van der Waals surface area contributed by atoms with E-state index in [1.165, 1.54) is 7.11 Å². The fourth-order valence-electron chi connectivity index (χ4n) is 3.26. The van der Waals surface area contributed by atoms with Crippen LogP contribution in [0, 0.1) is 0 Å². The summed E-state index contributed by atoms with van der Waals surface area (Å²) in [6.45, 7) is -0.721. The smallest absolute Gasteiger partial charge is 0.416 e. The van der Waals surface area contributed by atoms with Gasteiger partial charge in [0.25, 0.3) is 5.91 Å². The highest BCUT2D eigenvalue weighted by molar-refractivity contribution is 6.33. The highest BCUT2D eigenvalue weighted by Gasteiger charge is 2.31. The molecule has 0 saturated carbocycles. The summed E-state index contributed by atoms with van der Waals surface area (Å²) in [5, 5.41) is 4.77. The topological polar surface area (TPSA) is 103 Å². The van der Waals surface area contributed by atoms with E-state index >= 15 is 0 Å². The van der Waals surface area contributed by atoms with Crippen molar-refractivity contribution in [2.45, 2.75) is 25.4 Å². The first-order valence-electron chi connectivity index (χ1n) is 11.6. The third-order valence-electron chi connectivity index (χ3n) is 5.15. The number of hydrogen-bond acceptors (Lipinski definition) is 6. The molecule has 206 valence electrons. The van der Waals surface area contributed by atoms with Gasteiger partial charge >= 0.3 is 12.1 Å². The Morgan fingerprint density at radius 3 is 2.23 bits per heavy atom. The molecule has 0 fully saturated rings. The molecule has 0 bridgehead atoms. The monoisotopic (exact) mass is 564 g/mol. The van der Waals surface area contributed by atoms with Crippen LogP contribution in [0.3, 0.4) is 0 Å². The van der Waals surface area contributed by atoms with Crippen LogP contribution in [0.1, 0.15) is 24.8 Å². The maximum absolute atomic E-state index is 12.8. The Labute approximate surface area is 227 Å². The molecule has 8 nitrogen and oxygen atoms in total. The molecule has 0 aliphatic rings. The van der Waals surface area contributed by atoms with E-state index in [0.717, 1.165) is 12.1 Å². The number of alkyl halides is 3. The van der Waals surface area contributed by atoms with E-state index in [9.17, 15) is 27.6 Å². The first kappa shape index (κ1) is 29.3. The molecule has 0 radical (unpaired) electrons. The summed E-state index contributed by atoms with van der Waals surface area (Å²) >= 11 is 5.82. The molecule has 0 atom stereocenters. The van der Waals surface area contributed by atoms with Crippen molar-refractivity contribution in [1.29, 1.82) is 0 Å². The standard InChI is InChI=1S/C27H24ClF3N2O6/c1-37-22-5-2-3-6-23(22)39-19-12-10-18(11-13-19)32-24(34)7-4-8-26(36)38-16-25(35)33-21-15-17(27(29,30)31)9-14-20(21)28/h2-3,5-6,9-15H,4,7-8,16H2,1H3,(H,32,34)(H,33,35). The van der Waals surface area contributed by atoms with E-state index in [2.05, 4.69) is 10.6 Å². The Morgan fingerprint density at radius 1 is 0.872 bits per heavy atom. The molecule has 2 N–H and O–H groups in total. The van der Waals surface area contributed by atoms with Gasteiger partial charge in [-0.25, -0.2) is 0 Å². The van der Waals surface area contributed by atoms with Crippen molar-refractivity contribution in [2.24, 2.45) is 0 Å². The fourth-order valence-corrected chi connectivity index (χ4v) is 3.42. The first-order chi connectivity index (χ1) is 18.5. The molecule has 3 aromatic carbocycles. The number of halogens is 4. The van der Waals surface area contributed by atoms with Crippen molar-refractivity contribution in [2.75, 3.05) is 24.4 Å². The van der Waals surface area contributed by atoms with Crippen LogP contribution in [-0.4, -0.2) is 31.5 Å². The van der Waals surface area contributed by atoms with Crippen LogP contribution in [0.15, 0.2) is 66.7 Å². The predicted molar refractivity (Wildman–Crippen MR) is 138 cm³/mol. The van der Waals surface area contributed by atoms with Crippen molar-refractivity contribution in [3.63, 3.8) is 0 Å². The molecule has 3 aromatic rings. The number of benzene rings is 3. The Morgan fingerprint density at radius 2 is 1.56 bits per heavy atom. The minimum atomic E-state index is -4.61. The Bertz CT molecular complexity index is 1320. The molecule has 0 aliphatic carbocycles. The summed E-state index contributed by atoms with van der Waals surface area (Å²) in [7, 11) is 1.54. The molecule has 39 heavy (non-hydrogen) atoms. The van der Waals surface area contributed by atoms with Crippen LogP contribution in [0.4, 0.5) is 24.5 Å². The number of amides is 2. The first-order valence-corrected chi connectivity index (χ1v) is 12.0. The van der Waals surface area contributed by atoms with Crippen LogP contribution in [0.2, 0.25) is 5.02 Å². The third-order valence-corrected chi connectivity index (χ3v) is 5.48. The number of anilines is 2. The predicted octanol–water partition coefficient (Wildman–Crippen LogP) is 6.45. The SMILES string of the molecule is COc1ccccc1Oc1ccc(NC(=O)CCCC(=O)OCC(=O)Nc2cc(C(F)(F)F)ccc2Cl)cc1. The molecule has 12 heteroatoms. The lowest BCUT2D eigenvalue weighted by Gasteiger charge is -2.12. The van der Waals surface area contributed by atoms with E-state index in [-0.39, 0.29) is 35.9 Å². The van der Waals surface area contributed by atoms with E-state index in [1.807, 2.05) is 12.1 Å². The number of rotatable bonds is 11. The zero-order valence-corrected chi connectivity index (χ0v) is 21.4. The summed E-state index contributed by atoms with van der Waals surface area (Å²) in [5.74, 6) is -0.279. The van der Waals surface area contributed by atoms with Crippen molar-refractivity contribution in [3.05, 3.63) is 77.3 Å². The van der Waals surface area contributed by atoms with Crippen molar-refractivity contribution in [1.82, 2.24) is 0 Å². The van der Waals surface area contributed by atoms with Crippen molar-refractivity contribution in [3.8, 4) is 17.2 Å². The number of ether oxygens (including phenoxy) is 3. The number of carbonyl (C=O) groups excluding carboxylic acids is 3. The molecular weight excluding hydrogens is 541 g/mol. The lowest BCUT2D eigenvalue weighted by molar-refractivity contribution is -0.147. The van der Waals surface area contributed by atoms with E-state index < -0.39 is 30.2 Å². The normalized spacial score (nSPS) is 10.9. The second kappa shape index (κ2) is 13.5. The average molecular weight is 565 g/mol. The fraction of sp³-hybridized carbons (Fsp3) is 0.222. The highest BCUT2D eigenvalue weighted by Crippen LogP contribution is 2.34. The maximum Gasteiger partial charge on any atom is 0.416 e. The van der Waals surface area contributed by atoms with Gasteiger partial charge in [-0.3, -0.25) is 14.4 Å². The van der Waals surface area contributed by atoms with Crippen LogP contribution < -0.4 is 20.1 Å². The quantitative estimate of drug-likeness (QED) is 0.259. The second-order valence-electron chi connectivity index (χ2n) is 8.08. The van der Waals surface area contributed by atoms with E-state index in [1.54, 1.807) is 36.4 Å². The molecule has 0 saturated heterocycles. The number of esters is 1. The molecule has 0 unspecified atom stereocenters. The summed E-state index contributed by atoms with van der Waals surface area (Å²) < 4.78 is 54.4. The van der Waals surface area contributed by atoms with Crippen LogP contribution in [0.5, 0.6) is 17.2 Å². The molecule has 2 amide bonds. The van der Waals surface area contributed by atoms with Gasteiger partial charge in [0.15, 0.2) is 18.1 Å². The lowest BCUT2D eigenvalue weighted by Crippen LogP contribution is -2.21. The number of carbonyl (C=O) groups is 3. The molecule has 0 aromatic heterocycles. The average Bonchev–Trinajstić information content (AvgIpc) is 2.89. The summed E-state index contributed by atoms with van der Waals surface area (Å²) in [4.78, 5) is 36.0. The van der Waals surface area contributed by atoms with E-state index in [4.69, 9.17) is 25.8 Å². The van der Waals surface area contributed by atoms with Crippen LogP contribution in [0.25, 0.3) is 0 Å². The molecular formula is C27H24ClF3N2O6. The number of nitrogens with one attached hydrogen (secondary N) is 2. The number of hydrogen-bond donors (Lipinski definition) is 2. The van der Waals surface area contributed by atoms with E-state index in [0.29, 0.717) is 29.0 Å². The van der Waals surface area contributed by atoms with Gasteiger partial charge in [0.2, 0.25) is 5.91 Å². The molecule has 3 rings (SSSR count). The van der Waals surface area contributed by atoms with Gasteiger partial charge in [0.05, 0.1) is 23.4 Å². The van der Waals surface area contributed by atoms with Gasteiger partial charge in [-0.05, 0) is 61.0 Å². The maximum atomic E-state index is 12.8. The summed E-state index contributed by atoms with van der Waals surface area (Å²) in [6.07, 6.45) is -4.59. The Hall–Kier alpha value is -4.25. The summed E-state index contributed by atoms with van der Waals surface area (Å²) in [5.41, 5.74) is -0.724. The van der Waals surface area contributed by atoms with Gasteiger partial charge in [-0.2, -0.15) is 13.2 Å². The van der Waals surface area contributed by atoms with Gasteiger partial charge in [0, 0.05) is 18.5 Å². The largest absolute Gasteiger partial charge is 0.493 e. The third kappa shape index (κ3) is 9.22. The van der Waals surface area contributed by atoms with Gasteiger partial charge in [-0.15, -0.1) is 0 Å². The Balaban J connectivity index is 1.37. The second-order valence-corrected chi connectivity index (χ2v) is 8.49. The lowest BCUT2D eigenvalue weighted by atomic mass is 10.2. The van der Waals surface area contributed by atoms with Crippen LogP contribution >= 0.6 is 11.6 Å². The van der Waals surface area contributed by atoms with Crippen molar-refractivity contribution < 1.29 is 41.8 Å². The zero-order chi connectivity index (χ0) is 28.4. The molecule has 0 heterocycles. The minimum absolute atomic E-state index is 0.0145. The van der Waals surface area contributed by atoms with Gasteiger partial charge < -0.3 is 24.8 Å². The highest BCUT2D eigenvalue weighted by atomic mass is 35.5. The molecule has 0 spiro atoms. The Kier molecular flexibility index (Phi) is 10.2. The van der Waals surface area contributed by atoms with Gasteiger partial charge in [0.1, 0.15) is 5.75 Å². The van der Waals surface area contributed by atoms with Gasteiger partial charge in [-0.1, -0.05) is 23.7 Å². The number of methoxy groups -OCH3 is 1. The molecule has 0 aliphatic heterocycles.